The molecule has 0 fully saturated rings. The summed E-state index contributed by atoms with van der Waals surface area (Å²) in [4.78, 5) is 0. The lowest BCUT2D eigenvalue weighted by Crippen LogP contribution is -2.29. The zero-order chi connectivity index (χ0) is 14.7. The Balaban J connectivity index is 0.00000132. The molecule has 0 aliphatic heterocycles. The van der Waals surface area contributed by atoms with Crippen LogP contribution in [0.1, 0.15) is 8.42 Å². The fourth-order valence-electron chi connectivity index (χ4n) is 2.27. The summed E-state index contributed by atoms with van der Waals surface area (Å²) in [7, 11) is -1.43. The standard InChI is InChI=1S/C17H15BO3.2H2/c19-18(20)15-10-8-13(9-11-15)12-21-17-7-3-5-14-4-1-2-6-16(14)17;;/h1-11,19-20H,12H2;2*1H. The third-order valence-electron chi connectivity index (χ3n) is 3.42. The molecule has 0 aliphatic rings. The molecule has 108 valence electrons. The second-order valence-corrected chi connectivity index (χ2v) is 4.88. The van der Waals surface area contributed by atoms with Gasteiger partial charge < -0.3 is 14.8 Å². The molecular formula is C17H19BO3. The van der Waals surface area contributed by atoms with Gasteiger partial charge in [0.25, 0.3) is 0 Å². The van der Waals surface area contributed by atoms with Gasteiger partial charge in [-0.2, -0.15) is 0 Å². The van der Waals surface area contributed by atoms with Crippen molar-refractivity contribution in [3.63, 3.8) is 0 Å². The molecule has 0 aliphatic carbocycles. The predicted octanol–water partition coefficient (Wildman–Crippen LogP) is 2.59. The molecule has 0 saturated heterocycles. The SMILES string of the molecule is OB(O)c1ccc(COc2cccc3ccccc23)cc1.[HH].[HH]. The first kappa shape index (κ1) is 13.7. The summed E-state index contributed by atoms with van der Waals surface area (Å²) in [6, 6.07) is 21.1. The Labute approximate surface area is 126 Å². The first-order chi connectivity index (χ1) is 10.2. The van der Waals surface area contributed by atoms with Crippen LogP contribution in [0.4, 0.5) is 0 Å². The van der Waals surface area contributed by atoms with E-state index in [0.717, 1.165) is 22.1 Å². The van der Waals surface area contributed by atoms with Crippen LogP contribution >= 0.6 is 0 Å². The van der Waals surface area contributed by atoms with E-state index >= 15 is 0 Å². The van der Waals surface area contributed by atoms with Crippen LogP contribution < -0.4 is 10.2 Å². The largest absolute Gasteiger partial charge is 0.488 e. The average Bonchev–Trinajstić information content (AvgIpc) is 2.53. The van der Waals surface area contributed by atoms with Crippen LogP contribution in [0.15, 0.2) is 66.7 Å². The molecule has 3 aromatic carbocycles. The summed E-state index contributed by atoms with van der Waals surface area (Å²) in [6.07, 6.45) is 0. The molecule has 0 spiro atoms. The van der Waals surface area contributed by atoms with E-state index < -0.39 is 7.12 Å². The molecule has 0 saturated carbocycles. The summed E-state index contributed by atoms with van der Waals surface area (Å²) in [5, 5.41) is 20.4. The minimum atomic E-state index is -1.43. The molecular weight excluding hydrogens is 263 g/mol. The summed E-state index contributed by atoms with van der Waals surface area (Å²) in [5.74, 6) is 0.847. The summed E-state index contributed by atoms with van der Waals surface area (Å²) >= 11 is 0. The van der Waals surface area contributed by atoms with Crippen molar-refractivity contribution in [2.24, 2.45) is 0 Å². The molecule has 3 rings (SSSR count). The van der Waals surface area contributed by atoms with Gasteiger partial charge in [0.05, 0.1) is 0 Å². The molecule has 4 heteroatoms. The van der Waals surface area contributed by atoms with E-state index in [2.05, 4.69) is 12.1 Å². The van der Waals surface area contributed by atoms with Gasteiger partial charge in [-0.05, 0) is 22.5 Å². The van der Waals surface area contributed by atoms with Gasteiger partial charge in [-0.3, -0.25) is 0 Å². The van der Waals surface area contributed by atoms with Gasteiger partial charge in [0.2, 0.25) is 0 Å². The van der Waals surface area contributed by atoms with Crippen molar-refractivity contribution in [1.29, 1.82) is 0 Å². The van der Waals surface area contributed by atoms with Crippen molar-refractivity contribution in [3.8, 4) is 5.75 Å². The topological polar surface area (TPSA) is 49.7 Å². The Morgan fingerprint density at radius 2 is 1.57 bits per heavy atom. The van der Waals surface area contributed by atoms with Gasteiger partial charge in [-0.25, -0.2) is 0 Å². The van der Waals surface area contributed by atoms with Gasteiger partial charge in [0.1, 0.15) is 12.4 Å². The highest BCUT2D eigenvalue weighted by Gasteiger charge is 2.09. The monoisotopic (exact) mass is 282 g/mol. The fourth-order valence-corrected chi connectivity index (χ4v) is 2.27. The highest BCUT2D eigenvalue weighted by Crippen LogP contribution is 2.25. The normalized spacial score (nSPS) is 10.6. The van der Waals surface area contributed by atoms with Crippen LogP contribution in [0.25, 0.3) is 10.8 Å². The molecule has 0 aromatic heterocycles. The molecule has 21 heavy (non-hydrogen) atoms. The minimum absolute atomic E-state index is 0. The Bertz CT molecular complexity index is 743. The van der Waals surface area contributed by atoms with Gasteiger partial charge >= 0.3 is 7.12 Å². The number of hydrogen-bond donors (Lipinski definition) is 2. The van der Waals surface area contributed by atoms with Crippen molar-refractivity contribution in [3.05, 3.63) is 72.3 Å². The molecule has 3 nitrogen and oxygen atoms in total. The van der Waals surface area contributed by atoms with Gasteiger partial charge in [0, 0.05) is 8.24 Å². The molecule has 0 heterocycles. The third kappa shape index (κ3) is 3.07. The fraction of sp³-hybridized carbons (Fsp3) is 0.0588. The molecule has 0 atom stereocenters. The molecule has 3 aromatic rings. The first-order valence-electron chi connectivity index (χ1n) is 6.79. The van der Waals surface area contributed by atoms with Gasteiger partial charge in [0.15, 0.2) is 0 Å². The lowest BCUT2D eigenvalue weighted by Gasteiger charge is -2.10. The van der Waals surface area contributed by atoms with Gasteiger partial charge in [-0.1, -0.05) is 60.7 Å². The van der Waals surface area contributed by atoms with Crippen LogP contribution in [0.5, 0.6) is 5.75 Å². The lowest BCUT2D eigenvalue weighted by atomic mass is 9.80. The average molecular weight is 282 g/mol. The van der Waals surface area contributed by atoms with Crippen molar-refractivity contribution >= 4 is 23.4 Å². The molecule has 0 radical (unpaired) electrons. The number of ether oxygens (including phenoxy) is 1. The van der Waals surface area contributed by atoms with Crippen molar-refractivity contribution in [1.82, 2.24) is 0 Å². The maximum atomic E-state index is 9.07. The molecule has 2 N–H and O–H groups in total. The second-order valence-electron chi connectivity index (χ2n) is 4.88. The Hall–Kier alpha value is -2.30. The van der Waals surface area contributed by atoms with Crippen LogP contribution in [0.2, 0.25) is 0 Å². The van der Waals surface area contributed by atoms with Crippen molar-refractivity contribution in [2.45, 2.75) is 6.61 Å². The highest BCUT2D eigenvalue weighted by atomic mass is 16.5. The van der Waals surface area contributed by atoms with E-state index in [0.29, 0.717) is 12.1 Å². The highest BCUT2D eigenvalue weighted by molar-refractivity contribution is 6.58. The summed E-state index contributed by atoms with van der Waals surface area (Å²) in [6.45, 7) is 0.440. The maximum Gasteiger partial charge on any atom is 0.488 e. The molecule has 0 unspecified atom stereocenters. The van der Waals surface area contributed by atoms with Crippen molar-refractivity contribution < 1.29 is 17.6 Å². The summed E-state index contributed by atoms with van der Waals surface area (Å²) < 4.78 is 5.88. The van der Waals surface area contributed by atoms with E-state index in [4.69, 9.17) is 14.8 Å². The maximum absolute atomic E-state index is 9.07. The van der Waals surface area contributed by atoms with E-state index in [1.807, 2.05) is 42.5 Å². The Morgan fingerprint density at radius 3 is 2.33 bits per heavy atom. The van der Waals surface area contributed by atoms with E-state index in [-0.39, 0.29) is 2.85 Å². The van der Waals surface area contributed by atoms with Crippen molar-refractivity contribution in [2.75, 3.05) is 0 Å². The Morgan fingerprint density at radius 1 is 0.857 bits per heavy atom. The number of hydrogen-bond acceptors (Lipinski definition) is 3. The zero-order valence-electron chi connectivity index (χ0n) is 11.4. The quantitative estimate of drug-likeness (QED) is 0.723. The third-order valence-corrected chi connectivity index (χ3v) is 3.42. The number of fused-ring (bicyclic) bond motifs is 1. The zero-order valence-corrected chi connectivity index (χ0v) is 11.4. The molecule has 0 amide bonds. The summed E-state index contributed by atoms with van der Waals surface area (Å²) in [5.41, 5.74) is 1.45. The van der Waals surface area contributed by atoms with E-state index in [9.17, 15) is 0 Å². The predicted molar refractivity (Wildman–Crippen MR) is 88.8 cm³/mol. The molecule has 0 bridgehead atoms. The van der Waals surface area contributed by atoms with Crippen LogP contribution in [0.3, 0.4) is 0 Å². The first-order valence-corrected chi connectivity index (χ1v) is 6.79. The van der Waals surface area contributed by atoms with Crippen LogP contribution in [-0.4, -0.2) is 17.2 Å². The van der Waals surface area contributed by atoms with Crippen LogP contribution in [0, 0.1) is 0 Å². The number of benzene rings is 3. The van der Waals surface area contributed by atoms with E-state index in [1.165, 1.54) is 0 Å². The second kappa shape index (κ2) is 6.00. The number of rotatable bonds is 4. The van der Waals surface area contributed by atoms with Gasteiger partial charge in [-0.15, -0.1) is 0 Å². The lowest BCUT2D eigenvalue weighted by molar-refractivity contribution is 0.310. The van der Waals surface area contributed by atoms with E-state index in [1.54, 1.807) is 12.1 Å². The minimum Gasteiger partial charge on any atom is -0.488 e. The smallest absolute Gasteiger partial charge is 0.488 e. The Kier molecular flexibility index (Phi) is 3.91. The van der Waals surface area contributed by atoms with Crippen LogP contribution in [-0.2, 0) is 6.61 Å².